The van der Waals surface area contributed by atoms with Gasteiger partial charge in [0, 0.05) is 25.6 Å². The Morgan fingerprint density at radius 3 is 2.75 bits per heavy atom. The minimum absolute atomic E-state index is 0.0310. The number of carbonyl (C=O) groups is 1. The zero-order valence-electron chi connectivity index (χ0n) is 13.4. The topological polar surface area (TPSA) is 49.6 Å². The first-order chi connectivity index (χ1) is 11.7. The number of rotatable bonds is 2. The number of halogens is 1. The van der Waals surface area contributed by atoms with E-state index in [0.717, 1.165) is 37.0 Å². The number of fused-ring (bicyclic) bond motifs is 1. The quantitative estimate of drug-likeness (QED) is 0.849. The summed E-state index contributed by atoms with van der Waals surface area (Å²) in [5.41, 5.74) is 1.63. The fourth-order valence-corrected chi connectivity index (χ4v) is 3.46. The van der Waals surface area contributed by atoms with Gasteiger partial charge in [0.25, 0.3) is 6.01 Å². The van der Waals surface area contributed by atoms with Crippen molar-refractivity contribution in [2.75, 3.05) is 31.1 Å². The van der Waals surface area contributed by atoms with E-state index in [1.165, 1.54) is 0 Å². The van der Waals surface area contributed by atoms with Crippen LogP contribution in [0.4, 0.5) is 10.4 Å². The number of carbonyl (C=O) groups excluding carboxylic acids is 1. The summed E-state index contributed by atoms with van der Waals surface area (Å²) in [6.45, 7) is 2.21. The summed E-state index contributed by atoms with van der Waals surface area (Å²) < 4.78 is 19.2. The molecule has 4 rings (SSSR count). The average Bonchev–Trinajstić information content (AvgIpc) is 3.05. The Bertz CT molecular complexity index is 744. The normalized spacial score (nSPS) is 19.6. The van der Waals surface area contributed by atoms with Crippen LogP contribution in [-0.2, 0) is 4.79 Å². The Balaban J connectivity index is 1.39. The van der Waals surface area contributed by atoms with E-state index in [2.05, 4.69) is 9.88 Å². The molecule has 1 saturated heterocycles. The number of aromatic nitrogens is 1. The predicted octanol–water partition coefficient (Wildman–Crippen LogP) is 3.13. The minimum atomic E-state index is -0.196. The van der Waals surface area contributed by atoms with Gasteiger partial charge in [-0.3, -0.25) is 4.79 Å². The van der Waals surface area contributed by atoms with Crippen LogP contribution < -0.4 is 4.90 Å². The van der Waals surface area contributed by atoms with Crippen LogP contribution in [0.15, 0.2) is 40.6 Å². The highest BCUT2D eigenvalue weighted by Crippen LogP contribution is 2.27. The predicted molar refractivity (Wildman–Crippen MR) is 89.3 cm³/mol. The van der Waals surface area contributed by atoms with Gasteiger partial charge in [-0.25, -0.2) is 4.39 Å². The second-order valence-electron chi connectivity index (χ2n) is 6.42. The fourth-order valence-electron chi connectivity index (χ4n) is 3.46. The maximum absolute atomic E-state index is 13.4. The Hall–Kier alpha value is -2.37. The number of piperidine rings is 1. The van der Waals surface area contributed by atoms with Crippen molar-refractivity contribution in [3.8, 4) is 0 Å². The zero-order valence-corrected chi connectivity index (χ0v) is 13.4. The van der Waals surface area contributed by atoms with Gasteiger partial charge in [-0.05, 0) is 37.5 Å². The van der Waals surface area contributed by atoms with Crippen molar-refractivity contribution in [2.45, 2.75) is 19.3 Å². The molecule has 1 fully saturated rings. The van der Waals surface area contributed by atoms with Crippen LogP contribution in [0.1, 0.15) is 19.3 Å². The first-order valence-electron chi connectivity index (χ1n) is 8.44. The lowest BCUT2D eigenvalue weighted by Crippen LogP contribution is -2.44. The Morgan fingerprint density at radius 2 is 2.00 bits per heavy atom. The molecule has 1 amide bonds. The first kappa shape index (κ1) is 15.2. The van der Waals surface area contributed by atoms with Crippen molar-refractivity contribution in [3.05, 3.63) is 36.2 Å². The molecule has 5 nitrogen and oxygen atoms in total. The number of oxazole rings is 1. The number of amides is 1. The molecule has 0 aliphatic carbocycles. The number of hydrogen-bond acceptors (Lipinski definition) is 4. The largest absolute Gasteiger partial charge is 0.423 e. The van der Waals surface area contributed by atoms with Crippen molar-refractivity contribution >= 4 is 23.0 Å². The number of anilines is 1. The van der Waals surface area contributed by atoms with E-state index in [1.54, 1.807) is 11.0 Å². The first-order valence-corrected chi connectivity index (χ1v) is 8.44. The zero-order chi connectivity index (χ0) is 16.5. The lowest BCUT2D eigenvalue weighted by Gasteiger charge is -2.34. The minimum Gasteiger partial charge on any atom is -0.423 e. The maximum Gasteiger partial charge on any atom is 0.298 e. The highest BCUT2D eigenvalue weighted by molar-refractivity contribution is 5.79. The highest BCUT2D eigenvalue weighted by Gasteiger charge is 2.31. The van der Waals surface area contributed by atoms with Crippen molar-refractivity contribution in [2.24, 2.45) is 5.92 Å². The molecular weight excluding hydrogens is 309 g/mol. The lowest BCUT2D eigenvalue weighted by atomic mass is 9.95. The van der Waals surface area contributed by atoms with Crippen LogP contribution in [-0.4, -0.2) is 42.0 Å². The van der Waals surface area contributed by atoms with Crippen LogP contribution in [0.3, 0.4) is 0 Å². The Labute approximate surface area is 139 Å². The molecule has 1 aromatic carbocycles. The molecule has 0 atom stereocenters. The Kier molecular flexibility index (Phi) is 3.96. The van der Waals surface area contributed by atoms with E-state index < -0.39 is 0 Å². The third kappa shape index (κ3) is 2.88. The molecule has 2 aromatic rings. The summed E-state index contributed by atoms with van der Waals surface area (Å²) in [6, 6.07) is 8.31. The van der Waals surface area contributed by atoms with Gasteiger partial charge in [0.1, 0.15) is 11.3 Å². The van der Waals surface area contributed by atoms with Crippen molar-refractivity contribution in [3.63, 3.8) is 0 Å². The van der Waals surface area contributed by atoms with Crippen LogP contribution in [0, 0.1) is 5.92 Å². The third-order valence-corrected chi connectivity index (χ3v) is 4.82. The molecule has 0 radical (unpaired) electrons. The van der Waals surface area contributed by atoms with E-state index in [9.17, 15) is 9.18 Å². The summed E-state index contributed by atoms with van der Waals surface area (Å²) in [4.78, 5) is 20.8. The molecule has 2 aliphatic rings. The van der Waals surface area contributed by atoms with Gasteiger partial charge in [-0.2, -0.15) is 4.98 Å². The van der Waals surface area contributed by atoms with Crippen molar-refractivity contribution in [1.82, 2.24) is 9.88 Å². The van der Waals surface area contributed by atoms with Gasteiger partial charge in [-0.1, -0.05) is 12.1 Å². The number of benzene rings is 1. The van der Waals surface area contributed by atoms with Crippen LogP contribution in [0.25, 0.3) is 11.1 Å². The molecule has 0 spiro atoms. The molecule has 0 bridgehead atoms. The molecule has 0 N–H and O–H groups in total. The van der Waals surface area contributed by atoms with Gasteiger partial charge in [0.2, 0.25) is 5.91 Å². The third-order valence-electron chi connectivity index (χ3n) is 4.82. The molecule has 6 heteroatoms. The molecule has 3 heterocycles. The lowest BCUT2D eigenvalue weighted by molar-refractivity contribution is -0.136. The van der Waals surface area contributed by atoms with E-state index >= 15 is 0 Å². The van der Waals surface area contributed by atoms with E-state index in [4.69, 9.17) is 4.42 Å². The number of para-hydroxylation sites is 2. The van der Waals surface area contributed by atoms with Gasteiger partial charge in [-0.15, -0.1) is 0 Å². The summed E-state index contributed by atoms with van der Waals surface area (Å²) in [5, 5.41) is 0. The molecule has 0 saturated carbocycles. The monoisotopic (exact) mass is 329 g/mol. The second kappa shape index (κ2) is 6.26. The molecular formula is C18H20FN3O2. The van der Waals surface area contributed by atoms with Gasteiger partial charge < -0.3 is 14.2 Å². The van der Waals surface area contributed by atoms with Gasteiger partial charge >= 0.3 is 0 Å². The Morgan fingerprint density at radius 1 is 1.21 bits per heavy atom. The molecule has 126 valence electrons. The molecule has 0 unspecified atom stereocenters. The van der Waals surface area contributed by atoms with Crippen molar-refractivity contribution < 1.29 is 13.6 Å². The standard InChI is InChI=1S/C18H20FN3O2/c19-14-4-3-9-22(12-14)17(23)13-7-10-21(11-8-13)18-20-15-5-1-2-6-16(15)24-18/h1-2,4-6,13H,3,7-12H2. The molecule has 24 heavy (non-hydrogen) atoms. The summed E-state index contributed by atoms with van der Waals surface area (Å²) in [6.07, 6.45) is 3.68. The second-order valence-corrected chi connectivity index (χ2v) is 6.42. The summed E-state index contributed by atoms with van der Waals surface area (Å²) in [5.74, 6) is -0.148. The van der Waals surface area contributed by atoms with E-state index in [0.29, 0.717) is 19.0 Å². The van der Waals surface area contributed by atoms with Crippen LogP contribution >= 0.6 is 0 Å². The summed E-state index contributed by atoms with van der Waals surface area (Å²) in [7, 11) is 0. The molecule has 1 aromatic heterocycles. The summed E-state index contributed by atoms with van der Waals surface area (Å²) >= 11 is 0. The smallest absolute Gasteiger partial charge is 0.298 e. The maximum atomic E-state index is 13.4. The van der Waals surface area contributed by atoms with Crippen molar-refractivity contribution in [1.29, 1.82) is 0 Å². The van der Waals surface area contributed by atoms with Crippen LogP contribution in [0.5, 0.6) is 0 Å². The van der Waals surface area contributed by atoms with Gasteiger partial charge in [0.15, 0.2) is 5.58 Å². The molecule has 2 aliphatic heterocycles. The van der Waals surface area contributed by atoms with E-state index in [1.807, 2.05) is 24.3 Å². The highest BCUT2D eigenvalue weighted by atomic mass is 19.1. The average molecular weight is 329 g/mol. The van der Waals surface area contributed by atoms with Crippen LogP contribution in [0.2, 0.25) is 0 Å². The number of nitrogens with zero attached hydrogens (tertiary/aromatic N) is 3. The van der Waals surface area contributed by atoms with Gasteiger partial charge in [0.05, 0.1) is 6.54 Å². The van der Waals surface area contributed by atoms with E-state index in [-0.39, 0.29) is 24.2 Å². The fraction of sp³-hybridized carbons (Fsp3) is 0.444. The SMILES string of the molecule is O=C(C1CCN(c2nc3ccccc3o2)CC1)N1CCC=C(F)C1. The number of hydrogen-bond donors (Lipinski definition) is 0.